The summed E-state index contributed by atoms with van der Waals surface area (Å²) < 4.78 is 0.955. The molecule has 0 aliphatic carbocycles. The number of hydrogen-bond donors (Lipinski definition) is 2. The van der Waals surface area contributed by atoms with Gasteiger partial charge in [-0.3, -0.25) is 9.59 Å². The number of thioether (sulfide) groups is 2. The zero-order chi connectivity index (χ0) is 22.9. The Bertz CT molecular complexity index is 1130. The van der Waals surface area contributed by atoms with Crippen molar-refractivity contribution in [1.29, 1.82) is 0 Å². The number of benzene rings is 2. The Morgan fingerprint density at radius 1 is 0.912 bits per heavy atom. The van der Waals surface area contributed by atoms with E-state index in [0.29, 0.717) is 11.5 Å². The van der Waals surface area contributed by atoms with Gasteiger partial charge in [-0.25, -0.2) is 4.98 Å². The van der Waals surface area contributed by atoms with E-state index < -0.39 is 11.9 Å². The van der Waals surface area contributed by atoms with Gasteiger partial charge in [0.05, 0.1) is 28.6 Å². The molecule has 0 radical (unpaired) electrons. The van der Waals surface area contributed by atoms with E-state index in [1.165, 1.54) is 23.5 Å². The third-order valence-electron chi connectivity index (χ3n) is 4.48. The first-order valence-electron chi connectivity index (χ1n) is 9.92. The Morgan fingerprint density at radius 3 is 2.21 bits per heavy atom. The number of carbonyl (C=O) groups is 2. The zero-order valence-electron chi connectivity index (χ0n) is 17.1. The monoisotopic (exact) mass is 579 g/mol. The van der Waals surface area contributed by atoms with Crippen molar-refractivity contribution in [3.8, 4) is 0 Å². The fraction of sp³-hybridized carbons (Fsp3) is 0.208. The molecule has 0 saturated heterocycles. The molecule has 2 N–H and O–H groups in total. The first kappa shape index (κ1) is 31.7. The van der Waals surface area contributed by atoms with Crippen LogP contribution in [0, 0.1) is 0 Å². The van der Waals surface area contributed by atoms with Gasteiger partial charge in [-0.1, -0.05) is 52.3 Å². The molecule has 10 heteroatoms. The molecule has 1 aromatic heterocycles. The van der Waals surface area contributed by atoms with Crippen LogP contribution in [0.2, 0.25) is 0 Å². The molecule has 0 aliphatic heterocycles. The van der Waals surface area contributed by atoms with Crippen LogP contribution in [-0.4, -0.2) is 97.8 Å². The normalized spacial score (nSPS) is 10.8. The molecule has 0 aliphatic rings. The van der Waals surface area contributed by atoms with E-state index in [0.717, 1.165) is 32.2 Å². The van der Waals surface area contributed by atoms with Crippen molar-refractivity contribution in [3.05, 3.63) is 75.9 Å². The molecule has 0 saturated carbocycles. The van der Waals surface area contributed by atoms with Crippen LogP contribution in [0.5, 0.6) is 0 Å². The Hall–Kier alpha value is -0.290. The van der Waals surface area contributed by atoms with Crippen LogP contribution in [0.15, 0.2) is 59.1 Å². The number of pyridine rings is 1. The predicted molar refractivity (Wildman–Crippen MR) is 151 cm³/mol. The number of nitrogens with zero attached hydrogens (tertiary/aromatic N) is 1. The fourth-order valence-electron chi connectivity index (χ4n) is 2.94. The minimum atomic E-state index is -0.835. The molecule has 5 nitrogen and oxygen atoms in total. The standard InChI is InChI=1S/C24H22BrNO4S2.2Na.2H/c25-19-7-5-17-6-9-20(26-21(17)15-19)8-4-16-2-1-3-18(14-16)24(31-12-10-22(27)28)32-13-11-23(29)30;;;;/h1-9,14-15,24H,10-13H2,(H,27,28)(H,29,30);;;;. The predicted octanol–water partition coefficient (Wildman–Crippen LogP) is 5.29. The molecule has 0 spiro atoms. The molecule has 1 heterocycles. The van der Waals surface area contributed by atoms with Gasteiger partial charge in [-0.15, -0.1) is 23.5 Å². The topological polar surface area (TPSA) is 87.5 Å². The number of carboxylic acids is 2. The van der Waals surface area contributed by atoms with Crippen LogP contribution in [0.25, 0.3) is 23.1 Å². The summed E-state index contributed by atoms with van der Waals surface area (Å²) in [6, 6.07) is 18.0. The first-order chi connectivity index (χ1) is 15.4. The summed E-state index contributed by atoms with van der Waals surface area (Å²) in [7, 11) is 0. The maximum atomic E-state index is 10.9. The molecular weight excluding hydrogens is 556 g/mol. The molecular formula is C24H24BrNNa2O4S2. The van der Waals surface area contributed by atoms with Crippen molar-refractivity contribution in [2.75, 3.05) is 11.5 Å². The van der Waals surface area contributed by atoms with Gasteiger partial charge < -0.3 is 10.2 Å². The first-order valence-corrected chi connectivity index (χ1v) is 12.8. The Labute approximate surface area is 260 Å². The van der Waals surface area contributed by atoms with Crippen LogP contribution < -0.4 is 0 Å². The number of carboxylic acid groups (broad SMARTS) is 2. The van der Waals surface area contributed by atoms with E-state index in [9.17, 15) is 9.59 Å². The second-order valence-corrected chi connectivity index (χ2v) is 10.6. The molecule has 0 amide bonds. The number of rotatable bonds is 11. The van der Waals surface area contributed by atoms with E-state index in [1.807, 2.05) is 60.7 Å². The van der Waals surface area contributed by atoms with Crippen LogP contribution in [0.4, 0.5) is 0 Å². The molecule has 0 atom stereocenters. The van der Waals surface area contributed by atoms with Gasteiger partial charge in [0, 0.05) is 21.4 Å². The van der Waals surface area contributed by atoms with Crippen molar-refractivity contribution < 1.29 is 19.8 Å². The average Bonchev–Trinajstić information content (AvgIpc) is 2.76. The van der Waals surface area contributed by atoms with E-state index in [4.69, 9.17) is 10.2 Å². The van der Waals surface area contributed by atoms with Crippen LogP contribution in [0.3, 0.4) is 0 Å². The Balaban J connectivity index is 0.00000289. The van der Waals surface area contributed by atoms with Crippen molar-refractivity contribution >= 4 is 134 Å². The van der Waals surface area contributed by atoms with Crippen LogP contribution >= 0.6 is 39.5 Å². The summed E-state index contributed by atoms with van der Waals surface area (Å²) in [5.41, 5.74) is 3.80. The average molecular weight is 580 g/mol. The van der Waals surface area contributed by atoms with E-state index in [1.54, 1.807) is 0 Å². The van der Waals surface area contributed by atoms with Crippen LogP contribution in [-0.2, 0) is 9.59 Å². The number of halogens is 1. The third-order valence-corrected chi connectivity index (χ3v) is 7.81. The second-order valence-electron chi connectivity index (χ2n) is 6.94. The van der Waals surface area contributed by atoms with Crippen molar-refractivity contribution in [3.63, 3.8) is 0 Å². The van der Waals surface area contributed by atoms with Crippen LogP contribution in [0.1, 0.15) is 34.2 Å². The molecule has 0 bridgehead atoms. The molecule has 3 aromatic rings. The Morgan fingerprint density at radius 2 is 1.56 bits per heavy atom. The summed E-state index contributed by atoms with van der Waals surface area (Å²) in [5, 5.41) is 18.9. The van der Waals surface area contributed by atoms with Gasteiger partial charge in [-0.05, 0) is 41.5 Å². The fourth-order valence-corrected chi connectivity index (χ4v) is 5.94. The number of aliphatic carboxylic acids is 2. The third kappa shape index (κ3) is 10.8. The molecule has 170 valence electrons. The summed E-state index contributed by atoms with van der Waals surface area (Å²) in [6.45, 7) is 0. The molecule has 0 unspecified atom stereocenters. The van der Waals surface area contributed by atoms with Crippen molar-refractivity contribution in [2.24, 2.45) is 0 Å². The Kier molecular flexibility index (Phi) is 15.4. The molecule has 3 rings (SSSR count). The summed E-state index contributed by atoms with van der Waals surface area (Å²) in [4.78, 5) is 26.4. The van der Waals surface area contributed by atoms with Gasteiger partial charge in [-0.2, -0.15) is 0 Å². The van der Waals surface area contributed by atoms with Crippen molar-refractivity contribution in [1.82, 2.24) is 4.98 Å². The quantitative estimate of drug-likeness (QED) is 0.236. The van der Waals surface area contributed by atoms with Gasteiger partial charge in [0.25, 0.3) is 0 Å². The molecule has 2 aromatic carbocycles. The second kappa shape index (κ2) is 16.5. The molecule has 0 fully saturated rings. The van der Waals surface area contributed by atoms with E-state index in [-0.39, 0.29) is 76.5 Å². The summed E-state index contributed by atoms with van der Waals surface area (Å²) in [6.07, 6.45) is 4.11. The van der Waals surface area contributed by atoms with Crippen molar-refractivity contribution in [2.45, 2.75) is 17.4 Å². The number of fused-ring (bicyclic) bond motifs is 1. The SMILES string of the molecule is O=C(O)CCSC(SCCC(=O)O)c1cccc(C=Cc2ccc3ccc(Br)cc3n2)c1.[NaH].[NaH]. The molecule has 34 heavy (non-hydrogen) atoms. The summed E-state index contributed by atoms with van der Waals surface area (Å²) in [5.74, 6) is -0.732. The number of aromatic nitrogens is 1. The van der Waals surface area contributed by atoms with E-state index in [2.05, 4.69) is 27.0 Å². The maximum absolute atomic E-state index is 10.9. The minimum absolute atomic E-state index is 0. The summed E-state index contributed by atoms with van der Waals surface area (Å²) >= 11 is 6.54. The number of hydrogen-bond acceptors (Lipinski definition) is 5. The van der Waals surface area contributed by atoms with Gasteiger partial charge in [0.1, 0.15) is 0 Å². The zero-order valence-corrected chi connectivity index (χ0v) is 20.3. The van der Waals surface area contributed by atoms with Gasteiger partial charge >= 0.3 is 71.1 Å². The van der Waals surface area contributed by atoms with Gasteiger partial charge in [0.2, 0.25) is 0 Å². The van der Waals surface area contributed by atoms with Gasteiger partial charge in [0.15, 0.2) is 0 Å². The van der Waals surface area contributed by atoms with E-state index >= 15 is 0 Å².